The van der Waals surface area contributed by atoms with E-state index in [1.54, 1.807) is 4.90 Å². The molecule has 0 spiro atoms. The van der Waals surface area contributed by atoms with E-state index in [4.69, 9.17) is 4.74 Å². The number of hydrogen-bond acceptors (Lipinski definition) is 4. The molecule has 1 unspecified atom stereocenters. The first kappa shape index (κ1) is 16.0. The van der Waals surface area contributed by atoms with E-state index in [1.807, 2.05) is 6.07 Å². The van der Waals surface area contributed by atoms with Crippen LogP contribution in [-0.2, 0) is 20.9 Å². The molecule has 0 radical (unpaired) electrons. The Morgan fingerprint density at radius 1 is 1.17 bits per heavy atom. The fraction of sp³-hybridized carbons (Fsp3) is 0.556. The third-order valence-corrected chi connectivity index (χ3v) is 4.93. The number of carbonyl (C=O) groups is 2. The predicted molar refractivity (Wildman–Crippen MR) is 86.6 cm³/mol. The summed E-state index contributed by atoms with van der Waals surface area (Å²) in [6.07, 6.45) is 2.90. The maximum Gasteiger partial charge on any atom is 0.328 e. The number of ether oxygens (including phenoxy) is 1. The van der Waals surface area contributed by atoms with Gasteiger partial charge in [-0.3, -0.25) is 9.69 Å². The van der Waals surface area contributed by atoms with E-state index in [0.29, 0.717) is 12.8 Å². The summed E-state index contributed by atoms with van der Waals surface area (Å²) in [5.41, 5.74) is 1.32. The quantitative estimate of drug-likeness (QED) is 0.795. The molecule has 2 aliphatic heterocycles. The number of carbonyl (C=O) groups excluding carboxylic acids is 2. The van der Waals surface area contributed by atoms with Gasteiger partial charge in [0.15, 0.2) is 0 Å². The molecule has 2 saturated heterocycles. The molecular formula is C18H24N2O3. The summed E-state index contributed by atoms with van der Waals surface area (Å²) >= 11 is 0. The first-order chi connectivity index (χ1) is 11.2. The Morgan fingerprint density at radius 2 is 1.87 bits per heavy atom. The number of hydrogen-bond donors (Lipinski definition) is 0. The minimum Gasteiger partial charge on any atom is -0.467 e. The second-order valence-electron chi connectivity index (χ2n) is 6.37. The molecule has 2 heterocycles. The van der Waals surface area contributed by atoms with Crippen LogP contribution in [-0.4, -0.2) is 54.0 Å². The molecule has 1 atom stereocenters. The Bertz CT molecular complexity index is 553. The molecule has 5 heteroatoms. The number of rotatable bonds is 4. The molecule has 1 aromatic rings. The lowest BCUT2D eigenvalue weighted by Gasteiger charge is -2.38. The van der Waals surface area contributed by atoms with Crippen molar-refractivity contribution in [1.29, 1.82) is 0 Å². The highest BCUT2D eigenvalue weighted by Gasteiger charge is 2.41. The molecule has 2 fully saturated rings. The average molecular weight is 316 g/mol. The van der Waals surface area contributed by atoms with Crippen molar-refractivity contribution in [3.8, 4) is 0 Å². The highest BCUT2D eigenvalue weighted by Crippen LogP contribution is 2.28. The van der Waals surface area contributed by atoms with Gasteiger partial charge in [-0.2, -0.15) is 0 Å². The minimum atomic E-state index is -0.377. The first-order valence-corrected chi connectivity index (χ1v) is 8.34. The zero-order valence-electron chi connectivity index (χ0n) is 13.6. The van der Waals surface area contributed by atoms with Gasteiger partial charge >= 0.3 is 5.97 Å². The summed E-state index contributed by atoms with van der Waals surface area (Å²) in [6, 6.07) is 10.2. The molecule has 0 aliphatic carbocycles. The van der Waals surface area contributed by atoms with Crippen molar-refractivity contribution in [2.45, 2.75) is 44.3 Å². The molecule has 5 nitrogen and oxygen atoms in total. The topological polar surface area (TPSA) is 49.9 Å². The lowest BCUT2D eigenvalue weighted by Crippen LogP contribution is -2.50. The van der Waals surface area contributed by atoms with Crippen molar-refractivity contribution < 1.29 is 14.3 Å². The predicted octanol–water partition coefficient (Wildman–Crippen LogP) is 1.81. The van der Waals surface area contributed by atoms with E-state index in [2.05, 4.69) is 29.2 Å². The summed E-state index contributed by atoms with van der Waals surface area (Å²) in [6.45, 7) is 2.86. The number of nitrogens with zero attached hydrogens (tertiary/aromatic N) is 2. The zero-order chi connectivity index (χ0) is 16.2. The van der Waals surface area contributed by atoms with Gasteiger partial charge < -0.3 is 9.64 Å². The fourth-order valence-electron chi connectivity index (χ4n) is 3.72. The highest BCUT2D eigenvalue weighted by molar-refractivity contribution is 5.88. The summed E-state index contributed by atoms with van der Waals surface area (Å²) in [7, 11) is 1.39. The SMILES string of the molecule is COC(=O)C1CCC(=O)N1C1CCN(Cc2ccccc2)CC1. The normalized spacial score (nSPS) is 23.3. The summed E-state index contributed by atoms with van der Waals surface area (Å²) in [5.74, 6) is -0.176. The molecule has 1 aromatic carbocycles. The Labute approximate surface area is 137 Å². The Kier molecular flexibility index (Phi) is 4.96. The maximum absolute atomic E-state index is 12.2. The maximum atomic E-state index is 12.2. The molecule has 2 aliphatic rings. The third-order valence-electron chi connectivity index (χ3n) is 4.93. The van der Waals surface area contributed by atoms with Crippen LogP contribution in [0, 0.1) is 0 Å². The molecule has 3 rings (SSSR count). The molecule has 23 heavy (non-hydrogen) atoms. The summed E-state index contributed by atoms with van der Waals surface area (Å²) in [5, 5.41) is 0. The van der Waals surface area contributed by atoms with Crippen LogP contribution in [0.15, 0.2) is 30.3 Å². The third kappa shape index (κ3) is 3.55. The van der Waals surface area contributed by atoms with Crippen LogP contribution >= 0.6 is 0 Å². The minimum absolute atomic E-state index is 0.0990. The van der Waals surface area contributed by atoms with Crippen LogP contribution in [0.5, 0.6) is 0 Å². The van der Waals surface area contributed by atoms with E-state index in [9.17, 15) is 9.59 Å². The smallest absolute Gasteiger partial charge is 0.328 e. The molecule has 0 aromatic heterocycles. The number of esters is 1. The van der Waals surface area contributed by atoms with Gasteiger partial charge in [-0.15, -0.1) is 0 Å². The van der Waals surface area contributed by atoms with Gasteiger partial charge in [-0.1, -0.05) is 30.3 Å². The lowest BCUT2D eigenvalue weighted by molar-refractivity contribution is -0.151. The van der Waals surface area contributed by atoms with Crippen LogP contribution in [0.2, 0.25) is 0 Å². The van der Waals surface area contributed by atoms with Crippen molar-refractivity contribution in [2.75, 3.05) is 20.2 Å². The lowest BCUT2D eigenvalue weighted by atomic mass is 10.0. The van der Waals surface area contributed by atoms with Crippen molar-refractivity contribution >= 4 is 11.9 Å². The van der Waals surface area contributed by atoms with Crippen LogP contribution in [0.3, 0.4) is 0 Å². The van der Waals surface area contributed by atoms with Crippen LogP contribution in [0.4, 0.5) is 0 Å². The van der Waals surface area contributed by atoms with Crippen molar-refractivity contribution in [3.05, 3.63) is 35.9 Å². The van der Waals surface area contributed by atoms with Gasteiger partial charge in [0.05, 0.1) is 7.11 Å². The van der Waals surface area contributed by atoms with E-state index >= 15 is 0 Å². The average Bonchev–Trinajstić information content (AvgIpc) is 2.97. The van der Waals surface area contributed by atoms with Crippen molar-refractivity contribution in [2.24, 2.45) is 0 Å². The zero-order valence-corrected chi connectivity index (χ0v) is 13.6. The van der Waals surface area contributed by atoms with Gasteiger partial charge in [0.25, 0.3) is 0 Å². The van der Waals surface area contributed by atoms with Crippen LogP contribution in [0.25, 0.3) is 0 Å². The summed E-state index contributed by atoms with van der Waals surface area (Å²) < 4.78 is 4.86. The standard InChI is InChI=1S/C18H24N2O3/c1-23-18(22)16-7-8-17(21)20(16)15-9-11-19(12-10-15)13-14-5-3-2-4-6-14/h2-6,15-16H,7-13H2,1H3. The molecule has 0 N–H and O–H groups in total. The monoisotopic (exact) mass is 316 g/mol. The molecule has 0 saturated carbocycles. The molecule has 0 bridgehead atoms. The Hall–Kier alpha value is -1.88. The van der Waals surface area contributed by atoms with Gasteiger partial charge in [0.2, 0.25) is 5.91 Å². The van der Waals surface area contributed by atoms with Crippen LogP contribution in [0.1, 0.15) is 31.2 Å². The van der Waals surface area contributed by atoms with E-state index in [-0.39, 0.29) is 24.0 Å². The molecule has 124 valence electrons. The second-order valence-corrected chi connectivity index (χ2v) is 6.37. The van der Waals surface area contributed by atoms with E-state index in [1.165, 1.54) is 12.7 Å². The van der Waals surface area contributed by atoms with Crippen LogP contribution < -0.4 is 0 Å². The van der Waals surface area contributed by atoms with Gasteiger partial charge in [-0.25, -0.2) is 4.79 Å². The molecule has 1 amide bonds. The number of benzene rings is 1. The fourth-order valence-corrected chi connectivity index (χ4v) is 3.72. The van der Waals surface area contributed by atoms with E-state index < -0.39 is 0 Å². The van der Waals surface area contributed by atoms with E-state index in [0.717, 1.165) is 32.5 Å². The number of piperidine rings is 1. The summed E-state index contributed by atoms with van der Waals surface area (Å²) in [4.78, 5) is 28.3. The Morgan fingerprint density at radius 3 is 2.52 bits per heavy atom. The number of likely N-dealkylation sites (tertiary alicyclic amines) is 2. The highest BCUT2D eigenvalue weighted by atomic mass is 16.5. The van der Waals surface area contributed by atoms with Crippen molar-refractivity contribution in [3.63, 3.8) is 0 Å². The van der Waals surface area contributed by atoms with Gasteiger partial charge in [0.1, 0.15) is 6.04 Å². The number of amides is 1. The number of methoxy groups -OCH3 is 1. The van der Waals surface area contributed by atoms with Gasteiger partial charge in [0, 0.05) is 32.1 Å². The molecular weight excluding hydrogens is 292 g/mol. The largest absolute Gasteiger partial charge is 0.467 e. The second kappa shape index (κ2) is 7.13. The first-order valence-electron chi connectivity index (χ1n) is 8.34. The Balaban J connectivity index is 1.57. The van der Waals surface area contributed by atoms with Crippen molar-refractivity contribution in [1.82, 2.24) is 9.80 Å². The van der Waals surface area contributed by atoms with Gasteiger partial charge in [-0.05, 0) is 24.8 Å².